The molecule has 0 fully saturated rings. The Labute approximate surface area is 181 Å². The molecule has 0 spiro atoms. The number of carbonyl (C=O) groups is 1. The van der Waals surface area contributed by atoms with Crippen LogP contribution in [0.4, 0.5) is 10.5 Å². The maximum atomic E-state index is 13.5. The highest BCUT2D eigenvalue weighted by Crippen LogP contribution is 2.38. The number of halogens is 1. The SMILES string of the molecule is O=C(Nc1ccc(Br)cc1)N1Cc2ccccc2-n2cccc2[C@H]1c1cccs1. The third kappa shape index (κ3) is 3.39. The number of thiophene rings is 1. The van der Waals surface area contributed by atoms with E-state index >= 15 is 0 Å². The molecule has 0 saturated heterocycles. The summed E-state index contributed by atoms with van der Waals surface area (Å²) in [7, 11) is 0. The van der Waals surface area contributed by atoms with Crippen LogP contribution in [0.2, 0.25) is 0 Å². The number of anilines is 1. The largest absolute Gasteiger partial charge is 0.323 e. The summed E-state index contributed by atoms with van der Waals surface area (Å²) in [6.45, 7) is 0.531. The molecule has 6 heteroatoms. The second-order valence-corrected chi connectivity index (χ2v) is 8.81. The number of urea groups is 1. The lowest BCUT2D eigenvalue weighted by Crippen LogP contribution is -2.37. The molecule has 144 valence electrons. The standard InChI is InChI=1S/C23H18BrN3OS/c24-17-9-11-18(12-10-17)25-23(28)27-15-16-5-1-2-6-19(16)26-13-3-7-20(26)22(27)21-8-4-14-29-21/h1-14,22H,15H2,(H,25,28)/t22-/m0/s1. The molecule has 1 aliphatic heterocycles. The number of aromatic nitrogens is 1. The van der Waals surface area contributed by atoms with E-state index < -0.39 is 0 Å². The van der Waals surface area contributed by atoms with Crippen molar-refractivity contribution < 1.29 is 4.79 Å². The minimum atomic E-state index is -0.159. The Kier molecular flexibility index (Phi) is 4.73. The van der Waals surface area contributed by atoms with Crippen molar-refractivity contribution in [1.29, 1.82) is 0 Å². The molecular weight excluding hydrogens is 446 g/mol. The van der Waals surface area contributed by atoms with Gasteiger partial charge in [-0.2, -0.15) is 0 Å². The van der Waals surface area contributed by atoms with E-state index in [0.717, 1.165) is 32.0 Å². The topological polar surface area (TPSA) is 37.3 Å². The summed E-state index contributed by atoms with van der Waals surface area (Å²) in [6, 6.07) is 23.9. The summed E-state index contributed by atoms with van der Waals surface area (Å²) in [4.78, 5) is 16.5. The molecule has 1 atom stereocenters. The molecule has 2 aromatic carbocycles. The van der Waals surface area contributed by atoms with Gasteiger partial charge in [-0.1, -0.05) is 40.2 Å². The van der Waals surface area contributed by atoms with E-state index in [1.54, 1.807) is 11.3 Å². The first-order valence-electron chi connectivity index (χ1n) is 9.33. The van der Waals surface area contributed by atoms with E-state index in [9.17, 15) is 4.79 Å². The monoisotopic (exact) mass is 463 g/mol. The highest BCUT2D eigenvalue weighted by atomic mass is 79.9. The van der Waals surface area contributed by atoms with Crippen molar-refractivity contribution >= 4 is 39.0 Å². The van der Waals surface area contributed by atoms with E-state index in [0.29, 0.717) is 6.54 Å². The summed E-state index contributed by atoms with van der Waals surface area (Å²) >= 11 is 5.11. The average molecular weight is 464 g/mol. The van der Waals surface area contributed by atoms with E-state index in [4.69, 9.17) is 0 Å². The first-order valence-corrected chi connectivity index (χ1v) is 11.0. The van der Waals surface area contributed by atoms with Crippen LogP contribution in [0.25, 0.3) is 5.69 Å². The quantitative estimate of drug-likeness (QED) is 0.364. The average Bonchev–Trinajstić information content (AvgIpc) is 3.41. The van der Waals surface area contributed by atoms with Crippen molar-refractivity contribution in [2.24, 2.45) is 0 Å². The lowest BCUT2D eigenvalue weighted by molar-refractivity contribution is 0.195. The van der Waals surface area contributed by atoms with Crippen LogP contribution in [0.5, 0.6) is 0 Å². The minimum absolute atomic E-state index is 0.116. The fourth-order valence-electron chi connectivity index (χ4n) is 3.81. The number of benzene rings is 2. The fraction of sp³-hybridized carbons (Fsp3) is 0.0870. The van der Waals surface area contributed by atoms with Crippen LogP contribution in [-0.4, -0.2) is 15.5 Å². The van der Waals surface area contributed by atoms with Crippen molar-refractivity contribution in [2.75, 3.05) is 5.32 Å². The number of nitrogens with zero attached hydrogens (tertiary/aromatic N) is 2. The Hall–Kier alpha value is -2.83. The van der Waals surface area contributed by atoms with E-state index in [1.807, 2.05) is 53.4 Å². The summed E-state index contributed by atoms with van der Waals surface area (Å²) < 4.78 is 3.18. The highest BCUT2D eigenvalue weighted by molar-refractivity contribution is 9.10. The van der Waals surface area contributed by atoms with E-state index in [-0.39, 0.29) is 12.1 Å². The summed E-state index contributed by atoms with van der Waals surface area (Å²) in [5.41, 5.74) is 4.10. The predicted octanol–water partition coefficient (Wildman–Crippen LogP) is 6.44. The number of amides is 2. The first-order chi connectivity index (χ1) is 14.2. The molecular formula is C23H18BrN3OS. The molecule has 0 bridgehead atoms. The lowest BCUT2D eigenvalue weighted by Gasteiger charge is -2.30. The van der Waals surface area contributed by atoms with Crippen molar-refractivity contribution in [3.05, 3.63) is 105 Å². The van der Waals surface area contributed by atoms with Gasteiger partial charge in [-0.3, -0.25) is 0 Å². The number of hydrogen-bond acceptors (Lipinski definition) is 2. The normalized spacial score (nSPS) is 15.3. The van der Waals surface area contributed by atoms with Crippen LogP contribution in [0.1, 0.15) is 22.2 Å². The molecule has 5 rings (SSSR count). The van der Waals surface area contributed by atoms with Crippen LogP contribution >= 0.6 is 27.3 Å². The molecule has 0 saturated carbocycles. The molecule has 4 aromatic rings. The predicted molar refractivity (Wildman–Crippen MR) is 121 cm³/mol. The number of para-hydroxylation sites is 1. The summed E-state index contributed by atoms with van der Waals surface area (Å²) in [5.74, 6) is 0. The van der Waals surface area contributed by atoms with Gasteiger partial charge in [-0.15, -0.1) is 11.3 Å². The van der Waals surface area contributed by atoms with Gasteiger partial charge in [-0.25, -0.2) is 4.79 Å². The van der Waals surface area contributed by atoms with Crippen molar-refractivity contribution in [3.8, 4) is 5.69 Å². The van der Waals surface area contributed by atoms with Crippen molar-refractivity contribution in [2.45, 2.75) is 12.6 Å². The molecule has 2 aromatic heterocycles. The molecule has 0 unspecified atom stereocenters. The molecule has 1 N–H and O–H groups in total. The van der Waals surface area contributed by atoms with E-state index in [1.165, 1.54) is 0 Å². The third-order valence-corrected chi connectivity index (χ3v) is 6.59. The molecule has 3 heterocycles. The van der Waals surface area contributed by atoms with Gasteiger partial charge in [0.05, 0.1) is 17.9 Å². The van der Waals surface area contributed by atoms with Gasteiger partial charge in [0.25, 0.3) is 0 Å². The molecule has 4 nitrogen and oxygen atoms in total. The van der Waals surface area contributed by atoms with Crippen LogP contribution in [-0.2, 0) is 6.54 Å². The van der Waals surface area contributed by atoms with Gasteiger partial charge in [0, 0.05) is 21.2 Å². The van der Waals surface area contributed by atoms with Gasteiger partial charge >= 0.3 is 6.03 Å². The second-order valence-electron chi connectivity index (χ2n) is 6.91. The van der Waals surface area contributed by atoms with Crippen LogP contribution < -0.4 is 5.32 Å². The summed E-state index contributed by atoms with van der Waals surface area (Å²) in [6.07, 6.45) is 2.07. The zero-order valence-corrected chi connectivity index (χ0v) is 17.9. The Morgan fingerprint density at radius 3 is 2.62 bits per heavy atom. The smallest absolute Gasteiger partial charge is 0.318 e. The first kappa shape index (κ1) is 18.2. The molecule has 2 amide bonds. The Morgan fingerprint density at radius 2 is 1.83 bits per heavy atom. The molecule has 0 radical (unpaired) electrons. The van der Waals surface area contributed by atoms with Gasteiger partial charge in [0.2, 0.25) is 0 Å². The number of carbonyl (C=O) groups excluding carboxylic acids is 1. The summed E-state index contributed by atoms with van der Waals surface area (Å²) in [5, 5.41) is 5.13. The Bertz CT molecular complexity index is 1150. The maximum absolute atomic E-state index is 13.5. The van der Waals surface area contributed by atoms with Gasteiger partial charge in [-0.05, 0) is 59.5 Å². The number of fused-ring (bicyclic) bond motifs is 3. The van der Waals surface area contributed by atoms with E-state index in [2.05, 4.69) is 61.7 Å². The molecule has 29 heavy (non-hydrogen) atoms. The third-order valence-electron chi connectivity index (χ3n) is 5.13. The number of hydrogen-bond donors (Lipinski definition) is 1. The molecule has 1 aliphatic rings. The van der Waals surface area contributed by atoms with Crippen LogP contribution in [0.15, 0.2) is 88.8 Å². The van der Waals surface area contributed by atoms with Gasteiger partial charge < -0.3 is 14.8 Å². The Morgan fingerprint density at radius 1 is 1.00 bits per heavy atom. The number of rotatable bonds is 2. The van der Waals surface area contributed by atoms with Gasteiger partial charge in [0.1, 0.15) is 6.04 Å². The fourth-order valence-corrected chi connectivity index (χ4v) is 4.93. The Balaban J connectivity index is 1.60. The number of nitrogens with one attached hydrogen (secondary N) is 1. The lowest BCUT2D eigenvalue weighted by atomic mass is 10.1. The minimum Gasteiger partial charge on any atom is -0.318 e. The van der Waals surface area contributed by atoms with Crippen LogP contribution in [0.3, 0.4) is 0 Å². The van der Waals surface area contributed by atoms with Crippen molar-refractivity contribution in [1.82, 2.24) is 9.47 Å². The second kappa shape index (κ2) is 7.54. The zero-order valence-electron chi connectivity index (χ0n) is 15.5. The van der Waals surface area contributed by atoms with Crippen LogP contribution in [0, 0.1) is 0 Å². The van der Waals surface area contributed by atoms with Crippen molar-refractivity contribution in [3.63, 3.8) is 0 Å². The highest BCUT2D eigenvalue weighted by Gasteiger charge is 2.33. The molecule has 0 aliphatic carbocycles. The zero-order chi connectivity index (χ0) is 19.8. The van der Waals surface area contributed by atoms with Gasteiger partial charge in [0.15, 0.2) is 0 Å². The maximum Gasteiger partial charge on any atom is 0.323 e.